The van der Waals surface area contributed by atoms with Crippen molar-refractivity contribution in [2.45, 2.75) is 27.2 Å². The molecule has 0 aromatic heterocycles. The molecule has 0 saturated heterocycles. The van der Waals surface area contributed by atoms with Crippen molar-refractivity contribution < 1.29 is 14.4 Å². The summed E-state index contributed by atoms with van der Waals surface area (Å²) in [5.74, 6) is -0.896. The van der Waals surface area contributed by atoms with Gasteiger partial charge in [-0.15, -0.1) is 0 Å². The molecule has 0 fully saturated rings. The average molecular weight is 334 g/mol. The van der Waals surface area contributed by atoms with Gasteiger partial charge in [0.15, 0.2) is 0 Å². The average Bonchev–Trinajstić information content (AvgIpc) is 2.51. The minimum absolute atomic E-state index is 0.0832. The lowest BCUT2D eigenvalue weighted by atomic mass is 9.96. The number of anilines is 1. The van der Waals surface area contributed by atoms with Crippen LogP contribution in [0.2, 0.25) is 0 Å². The summed E-state index contributed by atoms with van der Waals surface area (Å²) in [6.07, 6.45) is 0.0832. The van der Waals surface area contributed by atoms with Crippen molar-refractivity contribution >= 4 is 23.4 Å². The summed E-state index contributed by atoms with van der Waals surface area (Å²) >= 11 is 0. The Morgan fingerprint density at radius 2 is 1.75 bits per heavy atom. The van der Waals surface area contributed by atoms with Crippen LogP contribution in [0.25, 0.3) is 0 Å². The highest BCUT2D eigenvalue weighted by molar-refractivity contribution is 5.96. The lowest BCUT2D eigenvalue weighted by Crippen LogP contribution is -2.43. The van der Waals surface area contributed by atoms with Crippen molar-refractivity contribution in [2.24, 2.45) is 5.41 Å². The van der Waals surface area contributed by atoms with Crippen molar-refractivity contribution in [1.29, 1.82) is 0 Å². The van der Waals surface area contributed by atoms with Crippen LogP contribution in [0.3, 0.4) is 0 Å². The second-order valence-corrected chi connectivity index (χ2v) is 6.70. The molecule has 0 aliphatic carbocycles. The standard InChI is InChI=1S/C17H26N4O3/c1-17(2,3)16(24)18-10-9-14(22)19-20-15(23)12-7-6-8-13(11-12)21(4)5/h6-8,11H,9-10H2,1-5H3,(H,18,24)(H,19,22)(H,20,23). The number of nitrogens with one attached hydrogen (secondary N) is 3. The van der Waals surface area contributed by atoms with E-state index in [1.54, 1.807) is 39.0 Å². The normalized spacial score (nSPS) is 10.7. The summed E-state index contributed by atoms with van der Waals surface area (Å²) in [5, 5.41) is 2.67. The van der Waals surface area contributed by atoms with Gasteiger partial charge in [0.2, 0.25) is 11.8 Å². The van der Waals surface area contributed by atoms with Crippen molar-refractivity contribution in [3.05, 3.63) is 29.8 Å². The second-order valence-electron chi connectivity index (χ2n) is 6.70. The number of hydrogen-bond acceptors (Lipinski definition) is 4. The summed E-state index contributed by atoms with van der Waals surface area (Å²) in [5.41, 5.74) is 5.54. The second kappa shape index (κ2) is 8.33. The van der Waals surface area contributed by atoms with E-state index in [2.05, 4.69) is 16.2 Å². The summed E-state index contributed by atoms with van der Waals surface area (Å²) in [7, 11) is 3.76. The van der Waals surface area contributed by atoms with Gasteiger partial charge in [0.05, 0.1) is 0 Å². The van der Waals surface area contributed by atoms with Crippen LogP contribution in [0, 0.1) is 5.41 Å². The molecule has 1 rings (SSSR count). The van der Waals surface area contributed by atoms with Crippen molar-refractivity contribution in [1.82, 2.24) is 16.2 Å². The first kappa shape index (κ1) is 19.5. The zero-order valence-corrected chi connectivity index (χ0v) is 14.9. The van der Waals surface area contributed by atoms with Gasteiger partial charge in [-0.1, -0.05) is 26.8 Å². The Balaban J connectivity index is 2.40. The molecule has 0 saturated carbocycles. The maximum absolute atomic E-state index is 12.0. The highest BCUT2D eigenvalue weighted by Gasteiger charge is 2.20. The summed E-state index contributed by atoms with van der Waals surface area (Å²) in [4.78, 5) is 37.3. The molecule has 3 amide bonds. The Hall–Kier alpha value is -2.57. The van der Waals surface area contributed by atoms with E-state index in [9.17, 15) is 14.4 Å². The molecular weight excluding hydrogens is 308 g/mol. The third-order valence-electron chi connectivity index (χ3n) is 3.26. The zero-order chi connectivity index (χ0) is 18.3. The highest BCUT2D eigenvalue weighted by Crippen LogP contribution is 2.13. The van der Waals surface area contributed by atoms with Gasteiger partial charge in [-0.3, -0.25) is 25.2 Å². The predicted molar refractivity (Wildman–Crippen MR) is 93.5 cm³/mol. The van der Waals surface area contributed by atoms with Crippen LogP contribution in [0.15, 0.2) is 24.3 Å². The van der Waals surface area contributed by atoms with E-state index < -0.39 is 11.3 Å². The highest BCUT2D eigenvalue weighted by atomic mass is 16.2. The molecule has 3 N–H and O–H groups in total. The largest absolute Gasteiger partial charge is 0.378 e. The van der Waals surface area contributed by atoms with Crippen molar-refractivity contribution in [2.75, 3.05) is 25.5 Å². The van der Waals surface area contributed by atoms with Crippen LogP contribution in [0.4, 0.5) is 5.69 Å². The molecule has 7 nitrogen and oxygen atoms in total. The minimum Gasteiger partial charge on any atom is -0.378 e. The Morgan fingerprint density at radius 1 is 1.08 bits per heavy atom. The van der Waals surface area contributed by atoms with E-state index in [1.165, 1.54) is 0 Å². The lowest BCUT2D eigenvalue weighted by Gasteiger charge is -2.17. The maximum atomic E-state index is 12.0. The van der Waals surface area contributed by atoms with E-state index in [0.29, 0.717) is 5.56 Å². The van der Waals surface area contributed by atoms with Crippen LogP contribution in [0.5, 0.6) is 0 Å². The van der Waals surface area contributed by atoms with Gasteiger partial charge in [0, 0.05) is 43.7 Å². The van der Waals surface area contributed by atoms with Gasteiger partial charge in [0.25, 0.3) is 5.91 Å². The molecule has 0 unspecified atom stereocenters. The lowest BCUT2D eigenvalue weighted by molar-refractivity contribution is -0.128. The number of nitrogens with zero attached hydrogens (tertiary/aromatic N) is 1. The van der Waals surface area contributed by atoms with E-state index in [0.717, 1.165) is 5.69 Å². The molecule has 132 valence electrons. The summed E-state index contributed by atoms with van der Waals surface area (Å²) in [6, 6.07) is 7.05. The van der Waals surface area contributed by atoms with Gasteiger partial charge in [0.1, 0.15) is 0 Å². The molecule has 1 aromatic rings. The maximum Gasteiger partial charge on any atom is 0.269 e. The van der Waals surface area contributed by atoms with Gasteiger partial charge >= 0.3 is 0 Å². The van der Waals surface area contributed by atoms with E-state index in [-0.39, 0.29) is 24.8 Å². The third kappa shape index (κ3) is 6.28. The molecule has 0 heterocycles. The van der Waals surface area contributed by atoms with Gasteiger partial charge in [-0.05, 0) is 18.2 Å². The fourth-order valence-corrected chi connectivity index (χ4v) is 1.74. The van der Waals surface area contributed by atoms with E-state index in [1.807, 2.05) is 25.1 Å². The number of carbonyl (C=O) groups is 3. The Morgan fingerprint density at radius 3 is 2.33 bits per heavy atom. The number of carbonyl (C=O) groups excluding carboxylic acids is 3. The fourth-order valence-electron chi connectivity index (χ4n) is 1.74. The molecule has 24 heavy (non-hydrogen) atoms. The van der Waals surface area contributed by atoms with Gasteiger partial charge in [-0.25, -0.2) is 0 Å². The topological polar surface area (TPSA) is 90.5 Å². The van der Waals surface area contributed by atoms with Crippen LogP contribution in [-0.4, -0.2) is 38.4 Å². The fraction of sp³-hybridized carbons (Fsp3) is 0.471. The Kier molecular flexibility index (Phi) is 6.76. The van der Waals surface area contributed by atoms with Crippen LogP contribution >= 0.6 is 0 Å². The van der Waals surface area contributed by atoms with E-state index >= 15 is 0 Å². The molecule has 0 bridgehead atoms. The first-order chi connectivity index (χ1) is 11.1. The predicted octanol–water partition coefficient (Wildman–Crippen LogP) is 1.07. The van der Waals surface area contributed by atoms with Gasteiger partial charge < -0.3 is 10.2 Å². The van der Waals surface area contributed by atoms with Crippen LogP contribution in [0.1, 0.15) is 37.6 Å². The number of hydrogen-bond donors (Lipinski definition) is 3. The smallest absolute Gasteiger partial charge is 0.269 e. The first-order valence-electron chi connectivity index (χ1n) is 7.76. The minimum atomic E-state index is -0.498. The molecule has 0 atom stereocenters. The molecule has 0 aliphatic rings. The number of hydrazine groups is 1. The van der Waals surface area contributed by atoms with Crippen molar-refractivity contribution in [3.8, 4) is 0 Å². The first-order valence-corrected chi connectivity index (χ1v) is 7.76. The number of amides is 3. The van der Waals surface area contributed by atoms with Crippen molar-refractivity contribution in [3.63, 3.8) is 0 Å². The molecule has 0 radical (unpaired) electrons. The zero-order valence-electron chi connectivity index (χ0n) is 14.9. The summed E-state index contributed by atoms with van der Waals surface area (Å²) < 4.78 is 0. The molecule has 1 aromatic carbocycles. The number of rotatable bonds is 5. The molecule has 0 aliphatic heterocycles. The molecule has 0 spiro atoms. The monoisotopic (exact) mass is 334 g/mol. The molecule has 7 heteroatoms. The van der Waals surface area contributed by atoms with E-state index in [4.69, 9.17) is 0 Å². The quantitative estimate of drug-likeness (QED) is 0.703. The SMILES string of the molecule is CN(C)c1cccc(C(=O)NNC(=O)CCNC(=O)C(C)(C)C)c1. The Bertz CT molecular complexity index is 606. The number of benzene rings is 1. The summed E-state index contributed by atoms with van der Waals surface area (Å²) in [6.45, 7) is 5.60. The Labute approximate surface area is 142 Å². The molecular formula is C17H26N4O3. The van der Waals surface area contributed by atoms with Gasteiger partial charge in [-0.2, -0.15) is 0 Å². The van der Waals surface area contributed by atoms with Crippen LogP contribution in [-0.2, 0) is 9.59 Å². The van der Waals surface area contributed by atoms with Crippen LogP contribution < -0.4 is 21.1 Å². The third-order valence-corrected chi connectivity index (χ3v) is 3.26.